The van der Waals surface area contributed by atoms with Crippen LogP contribution in [0, 0.1) is 25.5 Å². The Labute approximate surface area is 97.3 Å². The lowest BCUT2D eigenvalue weighted by Crippen LogP contribution is -2.02. The van der Waals surface area contributed by atoms with Crippen LogP contribution in [0.2, 0.25) is 0 Å². The third kappa shape index (κ3) is 2.08. The zero-order valence-corrected chi connectivity index (χ0v) is 9.46. The number of anilines is 1. The lowest BCUT2D eigenvalue weighted by Gasteiger charge is -2.07. The molecule has 0 fully saturated rings. The highest BCUT2D eigenvalue weighted by atomic mass is 19.2. The minimum absolute atomic E-state index is 0.296. The monoisotopic (exact) mass is 235 g/mol. The highest BCUT2D eigenvalue weighted by Gasteiger charge is 2.09. The summed E-state index contributed by atoms with van der Waals surface area (Å²) in [5.41, 5.74) is 7.62. The van der Waals surface area contributed by atoms with E-state index in [1.165, 1.54) is 6.07 Å². The standard InChI is InChI=1S/C12H11F2N3/c1-6-7(2)16-12(17-11(6)15)8-3-4-9(13)10(14)5-8/h3-5H,1-2H3,(H2,15,16,17). The van der Waals surface area contributed by atoms with Crippen LogP contribution in [0.1, 0.15) is 11.3 Å². The largest absolute Gasteiger partial charge is 0.383 e. The summed E-state index contributed by atoms with van der Waals surface area (Å²) < 4.78 is 25.9. The number of benzene rings is 1. The van der Waals surface area contributed by atoms with E-state index in [9.17, 15) is 8.78 Å². The van der Waals surface area contributed by atoms with E-state index in [2.05, 4.69) is 9.97 Å². The van der Waals surface area contributed by atoms with Crippen LogP contribution in [0.3, 0.4) is 0 Å². The van der Waals surface area contributed by atoms with Gasteiger partial charge in [0.25, 0.3) is 0 Å². The molecule has 88 valence electrons. The summed E-state index contributed by atoms with van der Waals surface area (Å²) >= 11 is 0. The minimum atomic E-state index is -0.928. The fraction of sp³-hybridized carbons (Fsp3) is 0.167. The Morgan fingerprint density at radius 1 is 1.06 bits per heavy atom. The van der Waals surface area contributed by atoms with Crippen molar-refractivity contribution >= 4 is 5.82 Å². The first kappa shape index (κ1) is 11.4. The Hall–Kier alpha value is -2.04. The van der Waals surface area contributed by atoms with Gasteiger partial charge < -0.3 is 5.73 Å². The lowest BCUT2D eigenvalue weighted by molar-refractivity contribution is 0.509. The van der Waals surface area contributed by atoms with Crippen LogP contribution >= 0.6 is 0 Å². The quantitative estimate of drug-likeness (QED) is 0.826. The minimum Gasteiger partial charge on any atom is -0.383 e. The molecule has 0 spiro atoms. The van der Waals surface area contributed by atoms with Gasteiger partial charge in [-0.3, -0.25) is 0 Å². The Balaban J connectivity index is 2.57. The molecule has 0 unspecified atom stereocenters. The number of nitrogens with two attached hydrogens (primary N) is 1. The van der Waals surface area contributed by atoms with Crippen LogP contribution in [0.4, 0.5) is 14.6 Å². The Morgan fingerprint density at radius 2 is 1.76 bits per heavy atom. The molecule has 5 heteroatoms. The SMILES string of the molecule is Cc1nc(-c2ccc(F)c(F)c2)nc(N)c1C. The molecule has 0 radical (unpaired) electrons. The summed E-state index contributed by atoms with van der Waals surface area (Å²) in [6.45, 7) is 3.59. The predicted molar refractivity (Wildman–Crippen MR) is 61.3 cm³/mol. The van der Waals surface area contributed by atoms with Crippen LogP contribution in [0.25, 0.3) is 11.4 Å². The van der Waals surface area contributed by atoms with Gasteiger partial charge in [-0.15, -0.1) is 0 Å². The van der Waals surface area contributed by atoms with Gasteiger partial charge in [-0.25, -0.2) is 18.7 Å². The highest BCUT2D eigenvalue weighted by Crippen LogP contribution is 2.21. The maximum atomic E-state index is 13.1. The topological polar surface area (TPSA) is 51.8 Å². The zero-order chi connectivity index (χ0) is 12.6. The zero-order valence-electron chi connectivity index (χ0n) is 9.46. The van der Waals surface area contributed by atoms with E-state index in [0.717, 1.165) is 23.4 Å². The number of hydrogen-bond acceptors (Lipinski definition) is 3. The fourth-order valence-corrected chi connectivity index (χ4v) is 1.42. The average molecular weight is 235 g/mol. The van der Waals surface area contributed by atoms with Crippen molar-refractivity contribution in [1.29, 1.82) is 0 Å². The van der Waals surface area contributed by atoms with Crippen molar-refractivity contribution in [3.63, 3.8) is 0 Å². The number of rotatable bonds is 1. The van der Waals surface area contributed by atoms with Crippen molar-refractivity contribution in [2.24, 2.45) is 0 Å². The lowest BCUT2D eigenvalue weighted by atomic mass is 10.1. The van der Waals surface area contributed by atoms with Crippen molar-refractivity contribution in [3.8, 4) is 11.4 Å². The summed E-state index contributed by atoms with van der Waals surface area (Å²) in [7, 11) is 0. The number of halogens is 2. The molecule has 2 N–H and O–H groups in total. The molecule has 0 bridgehead atoms. The molecule has 0 saturated carbocycles. The van der Waals surface area contributed by atoms with Gasteiger partial charge in [0, 0.05) is 16.8 Å². The molecule has 0 atom stereocenters. The first-order chi connectivity index (χ1) is 7.99. The van der Waals surface area contributed by atoms with Crippen molar-refractivity contribution in [2.45, 2.75) is 13.8 Å². The number of aromatic nitrogens is 2. The van der Waals surface area contributed by atoms with Gasteiger partial charge in [0.1, 0.15) is 5.82 Å². The van der Waals surface area contributed by atoms with Crippen LogP contribution in [-0.2, 0) is 0 Å². The van der Waals surface area contributed by atoms with E-state index in [4.69, 9.17) is 5.73 Å². The third-order valence-corrected chi connectivity index (χ3v) is 2.60. The van der Waals surface area contributed by atoms with Gasteiger partial charge in [0.05, 0.1) is 0 Å². The van der Waals surface area contributed by atoms with E-state index >= 15 is 0 Å². The Kier molecular flexibility index (Phi) is 2.75. The molecule has 0 amide bonds. The second kappa shape index (κ2) is 4.08. The molecule has 17 heavy (non-hydrogen) atoms. The van der Waals surface area contributed by atoms with Gasteiger partial charge >= 0.3 is 0 Å². The number of hydrogen-bond donors (Lipinski definition) is 1. The number of nitrogens with zero attached hydrogens (tertiary/aromatic N) is 2. The van der Waals surface area contributed by atoms with Gasteiger partial charge in [-0.1, -0.05) is 0 Å². The number of nitrogen functional groups attached to an aromatic ring is 1. The smallest absolute Gasteiger partial charge is 0.161 e. The molecular formula is C12H11F2N3. The first-order valence-electron chi connectivity index (χ1n) is 5.05. The molecule has 0 aliphatic heterocycles. The van der Waals surface area contributed by atoms with E-state index in [-0.39, 0.29) is 0 Å². The second-order valence-corrected chi connectivity index (χ2v) is 3.77. The van der Waals surface area contributed by atoms with Gasteiger partial charge in [-0.05, 0) is 32.0 Å². The highest BCUT2D eigenvalue weighted by molar-refractivity contribution is 5.58. The maximum absolute atomic E-state index is 13.1. The van der Waals surface area contributed by atoms with E-state index in [0.29, 0.717) is 17.2 Å². The second-order valence-electron chi connectivity index (χ2n) is 3.77. The number of aryl methyl sites for hydroxylation is 1. The molecule has 0 aliphatic carbocycles. The summed E-state index contributed by atoms with van der Waals surface area (Å²) in [5.74, 6) is -1.19. The van der Waals surface area contributed by atoms with Gasteiger partial charge in [0.15, 0.2) is 17.5 Å². The fourth-order valence-electron chi connectivity index (χ4n) is 1.42. The van der Waals surface area contributed by atoms with E-state index < -0.39 is 11.6 Å². The van der Waals surface area contributed by atoms with E-state index in [1.54, 1.807) is 13.8 Å². The Morgan fingerprint density at radius 3 is 2.35 bits per heavy atom. The molecule has 3 nitrogen and oxygen atoms in total. The van der Waals surface area contributed by atoms with Crippen LogP contribution in [0.15, 0.2) is 18.2 Å². The predicted octanol–water partition coefficient (Wildman–Crippen LogP) is 2.62. The van der Waals surface area contributed by atoms with Crippen LogP contribution in [-0.4, -0.2) is 9.97 Å². The molecule has 2 aromatic rings. The summed E-state index contributed by atoms with van der Waals surface area (Å²) in [5, 5.41) is 0. The first-order valence-corrected chi connectivity index (χ1v) is 5.05. The Bertz CT molecular complexity index is 559. The molecule has 2 rings (SSSR count). The summed E-state index contributed by atoms with van der Waals surface area (Å²) in [4.78, 5) is 8.25. The maximum Gasteiger partial charge on any atom is 0.161 e. The average Bonchev–Trinajstić information content (AvgIpc) is 2.29. The van der Waals surface area contributed by atoms with Crippen LogP contribution in [0.5, 0.6) is 0 Å². The molecule has 1 aromatic heterocycles. The molecule has 1 heterocycles. The normalized spacial score (nSPS) is 10.6. The van der Waals surface area contributed by atoms with E-state index in [1.807, 2.05) is 0 Å². The van der Waals surface area contributed by atoms with Gasteiger partial charge in [0.2, 0.25) is 0 Å². The third-order valence-electron chi connectivity index (χ3n) is 2.60. The molecular weight excluding hydrogens is 224 g/mol. The van der Waals surface area contributed by atoms with Gasteiger partial charge in [-0.2, -0.15) is 0 Å². The van der Waals surface area contributed by atoms with Crippen molar-refractivity contribution in [2.75, 3.05) is 5.73 Å². The van der Waals surface area contributed by atoms with Crippen molar-refractivity contribution in [1.82, 2.24) is 9.97 Å². The van der Waals surface area contributed by atoms with Crippen molar-refractivity contribution < 1.29 is 8.78 Å². The van der Waals surface area contributed by atoms with Crippen molar-refractivity contribution in [3.05, 3.63) is 41.1 Å². The molecule has 0 aliphatic rings. The molecule has 0 saturated heterocycles. The van der Waals surface area contributed by atoms with Crippen LogP contribution < -0.4 is 5.73 Å². The summed E-state index contributed by atoms with van der Waals surface area (Å²) in [6.07, 6.45) is 0. The summed E-state index contributed by atoms with van der Waals surface area (Å²) in [6, 6.07) is 3.51. The molecule has 1 aromatic carbocycles.